The minimum Gasteiger partial charge on any atom is -0.324 e. The minimum atomic E-state index is -0.704. The first-order valence-corrected chi connectivity index (χ1v) is 7.01. The summed E-state index contributed by atoms with van der Waals surface area (Å²) in [6.45, 7) is 1.28. The fourth-order valence-corrected chi connectivity index (χ4v) is 2.01. The van der Waals surface area contributed by atoms with Gasteiger partial charge in [-0.3, -0.25) is 19.7 Å². The van der Waals surface area contributed by atoms with Gasteiger partial charge in [0, 0.05) is 12.1 Å². The van der Waals surface area contributed by atoms with Crippen molar-refractivity contribution in [3.63, 3.8) is 0 Å². The van der Waals surface area contributed by atoms with Crippen LogP contribution in [-0.2, 0) is 11.3 Å². The molecule has 0 saturated heterocycles. The van der Waals surface area contributed by atoms with Crippen molar-refractivity contribution in [1.82, 2.24) is 9.78 Å². The molecule has 1 heterocycles. The van der Waals surface area contributed by atoms with Crippen LogP contribution < -0.4 is 10.9 Å². The van der Waals surface area contributed by atoms with Crippen LogP contribution in [0.1, 0.15) is 5.56 Å². The summed E-state index contributed by atoms with van der Waals surface area (Å²) in [6.07, 6.45) is 1.15. The normalized spacial score (nSPS) is 10.4. The second-order valence-corrected chi connectivity index (χ2v) is 5.36. The number of halogens is 2. The number of amides is 1. The molecule has 1 aromatic carbocycles. The van der Waals surface area contributed by atoms with Gasteiger partial charge < -0.3 is 5.32 Å². The smallest absolute Gasteiger partial charge is 0.287 e. The lowest BCUT2D eigenvalue weighted by Gasteiger charge is -2.09. The highest BCUT2D eigenvalue weighted by Crippen LogP contribution is 2.21. The summed E-state index contributed by atoms with van der Waals surface area (Å²) in [4.78, 5) is 34.0. The molecule has 0 fully saturated rings. The van der Waals surface area contributed by atoms with E-state index in [2.05, 4.69) is 10.4 Å². The van der Waals surface area contributed by atoms with Crippen LogP contribution in [0, 0.1) is 17.0 Å². The number of benzene rings is 1. The molecule has 1 aromatic heterocycles. The Kier molecular flexibility index (Phi) is 4.97. The number of hydrogen-bond donors (Lipinski definition) is 1. The number of carbonyl (C=O) groups excluding carboxylic acids is 1. The quantitative estimate of drug-likeness (QED) is 0.668. The van der Waals surface area contributed by atoms with Crippen LogP contribution in [0.5, 0.6) is 0 Å². The molecule has 0 unspecified atom stereocenters. The molecule has 2 aromatic rings. The van der Waals surface area contributed by atoms with E-state index in [1.54, 1.807) is 6.92 Å². The zero-order valence-electron chi connectivity index (χ0n) is 11.7. The number of anilines is 1. The van der Waals surface area contributed by atoms with Crippen molar-refractivity contribution in [3.8, 4) is 0 Å². The molecule has 0 atom stereocenters. The van der Waals surface area contributed by atoms with Gasteiger partial charge in [-0.15, -0.1) is 0 Å². The van der Waals surface area contributed by atoms with Gasteiger partial charge in [-0.25, -0.2) is 4.68 Å². The van der Waals surface area contributed by atoms with Crippen LogP contribution in [0.25, 0.3) is 0 Å². The Morgan fingerprint density at radius 2 is 2.13 bits per heavy atom. The third-order valence-electron chi connectivity index (χ3n) is 2.94. The van der Waals surface area contributed by atoms with E-state index < -0.39 is 22.9 Å². The molecule has 10 heteroatoms. The topological polar surface area (TPSA) is 107 Å². The van der Waals surface area contributed by atoms with E-state index in [0.717, 1.165) is 10.9 Å². The fourth-order valence-electron chi connectivity index (χ4n) is 1.74. The number of non-ortho nitro benzene ring substituents is 1. The van der Waals surface area contributed by atoms with E-state index in [1.165, 1.54) is 18.2 Å². The minimum absolute atomic E-state index is 0.0112. The van der Waals surface area contributed by atoms with E-state index >= 15 is 0 Å². The molecule has 0 bridgehead atoms. The summed E-state index contributed by atoms with van der Waals surface area (Å²) in [5.41, 5.74) is 0.0523. The lowest BCUT2D eigenvalue weighted by Crippen LogP contribution is -2.30. The summed E-state index contributed by atoms with van der Waals surface area (Å²) in [6, 6.07) is 4.08. The molecule has 1 amide bonds. The van der Waals surface area contributed by atoms with E-state index in [9.17, 15) is 19.7 Å². The van der Waals surface area contributed by atoms with Crippen molar-refractivity contribution >= 4 is 40.5 Å². The third-order valence-corrected chi connectivity index (χ3v) is 3.69. The van der Waals surface area contributed by atoms with Crippen molar-refractivity contribution in [1.29, 1.82) is 0 Å². The van der Waals surface area contributed by atoms with Gasteiger partial charge in [-0.2, -0.15) is 5.10 Å². The molecule has 0 aliphatic carbocycles. The average molecular weight is 357 g/mol. The molecule has 0 saturated carbocycles. The zero-order chi connectivity index (χ0) is 17.1. The molecule has 23 heavy (non-hydrogen) atoms. The Morgan fingerprint density at radius 3 is 2.78 bits per heavy atom. The lowest BCUT2D eigenvalue weighted by atomic mass is 10.2. The standard InChI is InChI=1S/C13H10Cl2N4O4/c1-7-2-3-8(19(22)23)4-10(7)17-11(20)6-18-13(21)12(15)9(14)5-16-18/h2-5H,6H2,1H3,(H,17,20). The van der Waals surface area contributed by atoms with Gasteiger partial charge in [0.1, 0.15) is 11.6 Å². The molecule has 120 valence electrons. The van der Waals surface area contributed by atoms with Crippen molar-refractivity contribution in [2.24, 2.45) is 0 Å². The van der Waals surface area contributed by atoms with Gasteiger partial charge in [0.2, 0.25) is 5.91 Å². The van der Waals surface area contributed by atoms with Crippen molar-refractivity contribution < 1.29 is 9.72 Å². The van der Waals surface area contributed by atoms with E-state index in [1.807, 2.05) is 0 Å². The molecule has 2 rings (SSSR count). The van der Waals surface area contributed by atoms with Crippen LogP contribution >= 0.6 is 23.2 Å². The molecule has 0 spiro atoms. The van der Waals surface area contributed by atoms with E-state index in [0.29, 0.717) is 5.56 Å². The zero-order valence-corrected chi connectivity index (χ0v) is 13.3. The maximum Gasteiger partial charge on any atom is 0.287 e. The lowest BCUT2D eigenvalue weighted by molar-refractivity contribution is -0.384. The van der Waals surface area contributed by atoms with Gasteiger partial charge in [-0.1, -0.05) is 29.3 Å². The second kappa shape index (κ2) is 6.76. The maximum absolute atomic E-state index is 12.0. The predicted molar refractivity (Wildman–Crippen MR) is 85.0 cm³/mol. The summed E-state index contributed by atoms with van der Waals surface area (Å²) in [5, 5.41) is 16.7. The van der Waals surface area contributed by atoms with E-state index in [4.69, 9.17) is 23.2 Å². The van der Waals surface area contributed by atoms with Crippen molar-refractivity contribution in [3.05, 3.63) is 60.5 Å². The molecule has 1 N–H and O–H groups in total. The Hall–Kier alpha value is -2.45. The molecular formula is C13H10Cl2N4O4. The Labute approximate surface area is 139 Å². The summed E-state index contributed by atoms with van der Waals surface area (Å²) in [7, 11) is 0. The number of nitrogens with zero attached hydrogens (tertiary/aromatic N) is 3. The first-order chi connectivity index (χ1) is 10.8. The van der Waals surface area contributed by atoms with Gasteiger partial charge in [0.25, 0.3) is 11.2 Å². The highest BCUT2D eigenvalue weighted by Gasteiger charge is 2.14. The third kappa shape index (κ3) is 3.85. The highest BCUT2D eigenvalue weighted by atomic mass is 35.5. The van der Waals surface area contributed by atoms with Crippen LogP contribution in [0.4, 0.5) is 11.4 Å². The van der Waals surface area contributed by atoms with Crippen molar-refractivity contribution in [2.75, 3.05) is 5.32 Å². The number of carbonyl (C=O) groups is 1. The van der Waals surface area contributed by atoms with Gasteiger partial charge in [-0.05, 0) is 12.5 Å². The number of aromatic nitrogens is 2. The monoisotopic (exact) mass is 356 g/mol. The molecule has 0 aliphatic rings. The van der Waals surface area contributed by atoms with E-state index in [-0.39, 0.29) is 21.4 Å². The van der Waals surface area contributed by atoms with Gasteiger partial charge in [0.15, 0.2) is 0 Å². The number of nitro groups is 1. The Balaban J connectivity index is 2.21. The SMILES string of the molecule is Cc1ccc([N+](=O)[O-])cc1NC(=O)Cn1ncc(Cl)c(Cl)c1=O. The second-order valence-electron chi connectivity index (χ2n) is 4.57. The first-order valence-electron chi connectivity index (χ1n) is 6.25. The van der Waals surface area contributed by atoms with Gasteiger partial charge in [0.05, 0.1) is 21.8 Å². The van der Waals surface area contributed by atoms with Crippen molar-refractivity contribution in [2.45, 2.75) is 13.5 Å². The van der Waals surface area contributed by atoms with Crippen LogP contribution in [0.3, 0.4) is 0 Å². The van der Waals surface area contributed by atoms with Gasteiger partial charge >= 0.3 is 0 Å². The Bertz CT molecular complexity index is 850. The summed E-state index contributed by atoms with van der Waals surface area (Å²) < 4.78 is 0.843. The maximum atomic E-state index is 12.0. The molecule has 0 aliphatic heterocycles. The number of aryl methyl sites for hydroxylation is 1. The summed E-state index contributed by atoms with van der Waals surface area (Å²) >= 11 is 11.3. The first kappa shape index (κ1) is 16.9. The predicted octanol–water partition coefficient (Wildman–Crippen LogP) is 2.41. The highest BCUT2D eigenvalue weighted by molar-refractivity contribution is 6.41. The molecular weight excluding hydrogens is 347 g/mol. The number of rotatable bonds is 4. The van der Waals surface area contributed by atoms with Crippen LogP contribution in [0.15, 0.2) is 29.2 Å². The number of hydrogen-bond acceptors (Lipinski definition) is 5. The number of nitro benzene ring substituents is 1. The van der Waals surface area contributed by atoms with Crippen LogP contribution in [0.2, 0.25) is 10.0 Å². The van der Waals surface area contributed by atoms with Crippen LogP contribution in [-0.4, -0.2) is 20.6 Å². The molecule has 0 radical (unpaired) electrons. The largest absolute Gasteiger partial charge is 0.324 e. The Morgan fingerprint density at radius 1 is 1.43 bits per heavy atom. The summed E-state index contributed by atoms with van der Waals surface area (Å²) in [5.74, 6) is -0.582. The average Bonchev–Trinajstić information content (AvgIpc) is 2.50. The molecule has 8 nitrogen and oxygen atoms in total. The fraction of sp³-hybridized carbons (Fsp3) is 0.154. The number of nitrogens with one attached hydrogen (secondary N) is 1.